The SMILES string of the molecule is Cc1cc(C(=O)Nc2cc([N+](=O)[O-])ccc2C(=O)O)co1. The molecular weight excluding hydrogens is 280 g/mol. The number of rotatable bonds is 4. The summed E-state index contributed by atoms with van der Waals surface area (Å²) in [7, 11) is 0. The topological polar surface area (TPSA) is 123 Å². The number of carboxylic acid groups (broad SMARTS) is 1. The Kier molecular flexibility index (Phi) is 3.70. The summed E-state index contributed by atoms with van der Waals surface area (Å²) in [5.74, 6) is -1.41. The first-order valence-electron chi connectivity index (χ1n) is 5.76. The van der Waals surface area contributed by atoms with Crippen molar-refractivity contribution in [2.75, 3.05) is 5.32 Å². The lowest BCUT2D eigenvalue weighted by Gasteiger charge is -2.07. The molecule has 0 aliphatic carbocycles. The lowest BCUT2D eigenvalue weighted by Crippen LogP contribution is -2.14. The van der Waals surface area contributed by atoms with E-state index in [2.05, 4.69) is 5.32 Å². The van der Waals surface area contributed by atoms with Gasteiger partial charge in [0.1, 0.15) is 12.0 Å². The molecule has 8 heteroatoms. The standard InChI is InChI=1S/C13H10N2O6/c1-7-4-8(6-21-7)12(16)14-11-5-9(15(19)20)2-3-10(11)13(17)18/h2-6H,1H3,(H,14,16)(H,17,18). The van der Waals surface area contributed by atoms with E-state index in [0.717, 1.165) is 18.2 Å². The predicted molar refractivity (Wildman–Crippen MR) is 71.5 cm³/mol. The van der Waals surface area contributed by atoms with E-state index in [-0.39, 0.29) is 22.5 Å². The van der Waals surface area contributed by atoms with Gasteiger partial charge in [0.25, 0.3) is 11.6 Å². The molecule has 0 radical (unpaired) electrons. The average molecular weight is 290 g/mol. The monoisotopic (exact) mass is 290 g/mol. The molecule has 0 atom stereocenters. The molecule has 1 aromatic heterocycles. The number of hydrogen-bond acceptors (Lipinski definition) is 5. The Labute approximate surface area is 118 Å². The molecule has 2 rings (SSSR count). The van der Waals surface area contributed by atoms with Crippen LogP contribution in [0.15, 0.2) is 34.9 Å². The second-order valence-electron chi connectivity index (χ2n) is 4.19. The molecule has 0 aliphatic rings. The summed E-state index contributed by atoms with van der Waals surface area (Å²) in [6, 6.07) is 4.58. The Hall–Kier alpha value is -3.16. The van der Waals surface area contributed by atoms with Crippen molar-refractivity contribution < 1.29 is 24.0 Å². The highest BCUT2D eigenvalue weighted by Crippen LogP contribution is 2.23. The first kappa shape index (κ1) is 14.3. The number of carbonyl (C=O) groups excluding carboxylic acids is 1. The minimum absolute atomic E-state index is 0.152. The van der Waals surface area contributed by atoms with Crippen LogP contribution in [-0.4, -0.2) is 21.9 Å². The fraction of sp³-hybridized carbons (Fsp3) is 0.0769. The van der Waals surface area contributed by atoms with Crippen molar-refractivity contribution in [1.29, 1.82) is 0 Å². The highest BCUT2D eigenvalue weighted by Gasteiger charge is 2.18. The van der Waals surface area contributed by atoms with Gasteiger partial charge in [0.05, 0.1) is 21.7 Å². The van der Waals surface area contributed by atoms with Crippen LogP contribution in [0.1, 0.15) is 26.5 Å². The van der Waals surface area contributed by atoms with Crippen LogP contribution >= 0.6 is 0 Å². The molecule has 1 aromatic carbocycles. The third kappa shape index (κ3) is 3.06. The number of carboxylic acids is 1. The third-order valence-electron chi connectivity index (χ3n) is 2.69. The number of nitro benzene ring substituents is 1. The number of nitrogens with zero attached hydrogens (tertiary/aromatic N) is 1. The minimum Gasteiger partial charge on any atom is -0.478 e. The summed E-state index contributed by atoms with van der Waals surface area (Å²) < 4.78 is 4.98. The third-order valence-corrected chi connectivity index (χ3v) is 2.69. The first-order valence-corrected chi connectivity index (χ1v) is 5.76. The number of nitro groups is 1. The Morgan fingerprint density at radius 1 is 1.33 bits per heavy atom. The molecule has 0 saturated carbocycles. The van der Waals surface area contributed by atoms with Crippen molar-refractivity contribution >= 4 is 23.3 Å². The van der Waals surface area contributed by atoms with Crippen molar-refractivity contribution in [2.45, 2.75) is 6.92 Å². The summed E-state index contributed by atoms with van der Waals surface area (Å²) in [5, 5.41) is 22.1. The molecule has 0 spiro atoms. The van der Waals surface area contributed by atoms with Crippen LogP contribution in [0.4, 0.5) is 11.4 Å². The predicted octanol–water partition coefficient (Wildman–Crippen LogP) is 2.45. The zero-order valence-corrected chi connectivity index (χ0v) is 10.8. The van der Waals surface area contributed by atoms with Gasteiger partial charge < -0.3 is 14.8 Å². The van der Waals surface area contributed by atoms with Crippen molar-refractivity contribution in [3.63, 3.8) is 0 Å². The van der Waals surface area contributed by atoms with E-state index < -0.39 is 16.8 Å². The molecule has 108 valence electrons. The molecular formula is C13H10N2O6. The van der Waals surface area contributed by atoms with Crippen LogP contribution < -0.4 is 5.32 Å². The summed E-state index contributed by atoms with van der Waals surface area (Å²) in [4.78, 5) is 33.1. The lowest BCUT2D eigenvalue weighted by atomic mass is 10.1. The number of aromatic carboxylic acids is 1. The van der Waals surface area contributed by atoms with Gasteiger partial charge in [-0.15, -0.1) is 0 Å². The van der Waals surface area contributed by atoms with Crippen molar-refractivity contribution in [2.24, 2.45) is 0 Å². The maximum Gasteiger partial charge on any atom is 0.337 e. The quantitative estimate of drug-likeness (QED) is 0.658. The van der Waals surface area contributed by atoms with Crippen LogP contribution in [0.25, 0.3) is 0 Å². The fourth-order valence-electron chi connectivity index (χ4n) is 1.69. The summed E-state index contributed by atoms with van der Waals surface area (Å²) >= 11 is 0. The molecule has 0 saturated heterocycles. The molecule has 1 amide bonds. The molecule has 21 heavy (non-hydrogen) atoms. The molecule has 0 aliphatic heterocycles. The Bertz CT molecular complexity index is 734. The Morgan fingerprint density at radius 2 is 2.05 bits per heavy atom. The number of furan rings is 1. The van der Waals surface area contributed by atoms with Gasteiger partial charge in [-0.1, -0.05) is 0 Å². The second kappa shape index (κ2) is 5.45. The summed E-state index contributed by atoms with van der Waals surface area (Å²) in [6.45, 7) is 1.65. The van der Waals surface area contributed by atoms with Crippen molar-refractivity contribution in [3.05, 3.63) is 57.5 Å². The highest BCUT2D eigenvalue weighted by atomic mass is 16.6. The lowest BCUT2D eigenvalue weighted by molar-refractivity contribution is -0.384. The fourth-order valence-corrected chi connectivity index (χ4v) is 1.69. The maximum atomic E-state index is 11.9. The summed E-state index contributed by atoms with van der Waals surface area (Å²) in [5.41, 5.74) is -0.524. The Morgan fingerprint density at radius 3 is 2.57 bits per heavy atom. The van der Waals surface area contributed by atoms with Gasteiger partial charge in [0.2, 0.25) is 0 Å². The highest BCUT2D eigenvalue weighted by molar-refractivity contribution is 6.07. The number of non-ortho nitro benzene ring substituents is 1. The number of carbonyl (C=O) groups is 2. The van der Waals surface area contributed by atoms with Crippen molar-refractivity contribution in [3.8, 4) is 0 Å². The van der Waals surface area contributed by atoms with Crippen LogP contribution in [0.5, 0.6) is 0 Å². The summed E-state index contributed by atoms with van der Waals surface area (Å²) in [6.07, 6.45) is 1.21. The van der Waals surface area contributed by atoms with Crippen LogP contribution in [0.2, 0.25) is 0 Å². The smallest absolute Gasteiger partial charge is 0.337 e. The molecule has 0 bridgehead atoms. The van der Waals surface area contributed by atoms with E-state index in [1.54, 1.807) is 6.92 Å². The number of hydrogen-bond donors (Lipinski definition) is 2. The number of benzene rings is 1. The van der Waals surface area contributed by atoms with Gasteiger partial charge in [-0.05, 0) is 19.1 Å². The van der Waals surface area contributed by atoms with Crippen LogP contribution in [0.3, 0.4) is 0 Å². The van der Waals surface area contributed by atoms with E-state index in [9.17, 15) is 19.7 Å². The van der Waals surface area contributed by atoms with E-state index in [1.807, 2.05) is 0 Å². The maximum absolute atomic E-state index is 11.9. The van der Waals surface area contributed by atoms with E-state index in [4.69, 9.17) is 9.52 Å². The van der Waals surface area contributed by atoms with Gasteiger partial charge in [0, 0.05) is 12.1 Å². The van der Waals surface area contributed by atoms with E-state index in [1.165, 1.54) is 12.3 Å². The molecule has 2 aromatic rings. The molecule has 1 heterocycles. The minimum atomic E-state index is -1.30. The van der Waals surface area contributed by atoms with Gasteiger partial charge >= 0.3 is 5.97 Å². The molecule has 8 nitrogen and oxygen atoms in total. The zero-order valence-electron chi connectivity index (χ0n) is 10.8. The second-order valence-corrected chi connectivity index (χ2v) is 4.19. The van der Waals surface area contributed by atoms with Gasteiger partial charge in [-0.2, -0.15) is 0 Å². The van der Waals surface area contributed by atoms with Crippen LogP contribution in [-0.2, 0) is 0 Å². The normalized spacial score (nSPS) is 10.1. The Balaban J connectivity index is 2.37. The first-order chi connectivity index (χ1) is 9.88. The van der Waals surface area contributed by atoms with Gasteiger partial charge in [-0.3, -0.25) is 14.9 Å². The van der Waals surface area contributed by atoms with Gasteiger partial charge in [-0.25, -0.2) is 4.79 Å². The number of amides is 1. The molecule has 0 fully saturated rings. The van der Waals surface area contributed by atoms with Crippen molar-refractivity contribution in [1.82, 2.24) is 0 Å². The van der Waals surface area contributed by atoms with Gasteiger partial charge in [0.15, 0.2) is 0 Å². The van der Waals surface area contributed by atoms with Crippen LogP contribution in [0, 0.1) is 17.0 Å². The molecule has 2 N–H and O–H groups in total. The number of anilines is 1. The number of aryl methyl sites for hydroxylation is 1. The van der Waals surface area contributed by atoms with E-state index >= 15 is 0 Å². The number of nitrogens with one attached hydrogen (secondary N) is 1. The zero-order chi connectivity index (χ0) is 15.6. The van der Waals surface area contributed by atoms with E-state index in [0.29, 0.717) is 5.76 Å². The molecule has 0 unspecified atom stereocenters. The largest absolute Gasteiger partial charge is 0.478 e. The average Bonchev–Trinajstić information content (AvgIpc) is 2.85.